The summed E-state index contributed by atoms with van der Waals surface area (Å²) in [5.41, 5.74) is -2.89. The zero-order valence-electron chi connectivity index (χ0n) is 20.5. The number of sulfonamides is 1. The fraction of sp³-hybridized carbons (Fsp3) is 0.222. The van der Waals surface area contributed by atoms with E-state index in [0.29, 0.717) is 22.5 Å². The predicted octanol–water partition coefficient (Wildman–Crippen LogP) is 6.87. The molecule has 1 N–H and O–H groups in total. The van der Waals surface area contributed by atoms with Gasteiger partial charge in [-0.05, 0) is 60.9 Å². The number of hydrogen-bond donors (Lipinski definition) is 1. The topological polar surface area (TPSA) is 74.7 Å². The summed E-state index contributed by atoms with van der Waals surface area (Å²) in [5.74, 6) is -3.72. The van der Waals surface area contributed by atoms with Crippen molar-refractivity contribution in [1.82, 2.24) is 0 Å². The van der Waals surface area contributed by atoms with Crippen molar-refractivity contribution < 1.29 is 49.1 Å². The van der Waals surface area contributed by atoms with Crippen molar-refractivity contribution in [3.8, 4) is 0 Å². The molecular formula is C27H20F7NO4S. The van der Waals surface area contributed by atoms with Gasteiger partial charge in [0.15, 0.2) is 0 Å². The van der Waals surface area contributed by atoms with Crippen molar-refractivity contribution in [2.45, 2.75) is 36.6 Å². The molecule has 212 valence electrons. The van der Waals surface area contributed by atoms with Gasteiger partial charge in [-0.2, -0.15) is 26.3 Å². The molecular weight excluding hydrogens is 567 g/mol. The summed E-state index contributed by atoms with van der Waals surface area (Å²) in [5, 5.41) is 9.71. The van der Waals surface area contributed by atoms with E-state index in [0.717, 1.165) is 36.4 Å². The van der Waals surface area contributed by atoms with Crippen LogP contribution in [0.1, 0.15) is 34.7 Å². The van der Waals surface area contributed by atoms with Gasteiger partial charge in [-0.25, -0.2) is 12.8 Å². The monoisotopic (exact) mass is 587 g/mol. The Hall–Kier alpha value is -3.87. The van der Waals surface area contributed by atoms with Gasteiger partial charge in [-0.15, -0.1) is 0 Å². The summed E-state index contributed by atoms with van der Waals surface area (Å²) in [4.78, 5) is 11.2. The Morgan fingerprint density at radius 3 is 2.25 bits per heavy atom. The largest absolute Gasteiger partial charge is 0.481 e. The molecule has 1 aliphatic heterocycles. The third-order valence-electron chi connectivity index (χ3n) is 6.57. The van der Waals surface area contributed by atoms with Crippen molar-refractivity contribution in [3.05, 3.63) is 94.3 Å². The number of aliphatic carboxylic acids is 1. The Labute approximate surface area is 224 Å². The van der Waals surface area contributed by atoms with E-state index in [1.54, 1.807) is 0 Å². The quantitative estimate of drug-likeness (QED) is 0.261. The van der Waals surface area contributed by atoms with Gasteiger partial charge in [0.2, 0.25) is 0 Å². The zero-order chi connectivity index (χ0) is 29.6. The minimum Gasteiger partial charge on any atom is -0.481 e. The number of anilines is 1. The Bertz CT molecular complexity index is 1600. The molecule has 3 aromatic carbocycles. The van der Waals surface area contributed by atoms with Gasteiger partial charge < -0.3 is 5.11 Å². The van der Waals surface area contributed by atoms with E-state index in [-0.39, 0.29) is 23.2 Å². The van der Waals surface area contributed by atoms with Crippen molar-refractivity contribution in [3.63, 3.8) is 0 Å². The maximum Gasteiger partial charge on any atom is 0.417 e. The number of carboxylic acid groups (broad SMARTS) is 1. The average molecular weight is 588 g/mol. The van der Waals surface area contributed by atoms with Crippen LogP contribution in [0.25, 0.3) is 12.2 Å². The van der Waals surface area contributed by atoms with E-state index < -0.39 is 67.7 Å². The van der Waals surface area contributed by atoms with E-state index in [9.17, 15) is 49.1 Å². The average Bonchev–Trinajstić information content (AvgIpc) is 2.86. The molecule has 4 rings (SSSR count). The first-order valence-electron chi connectivity index (χ1n) is 11.6. The van der Waals surface area contributed by atoms with E-state index in [1.807, 2.05) is 0 Å². The van der Waals surface area contributed by atoms with Crippen LogP contribution in [0.3, 0.4) is 0 Å². The number of alkyl halides is 6. The van der Waals surface area contributed by atoms with E-state index in [4.69, 9.17) is 0 Å². The molecule has 0 saturated heterocycles. The summed E-state index contributed by atoms with van der Waals surface area (Å²) >= 11 is 0. The van der Waals surface area contributed by atoms with Gasteiger partial charge in [0.25, 0.3) is 10.0 Å². The van der Waals surface area contributed by atoms with Crippen LogP contribution in [-0.2, 0) is 33.6 Å². The second-order valence-electron chi connectivity index (χ2n) is 9.14. The normalized spacial score (nSPS) is 18.1. The summed E-state index contributed by atoms with van der Waals surface area (Å²) in [7, 11) is -4.75. The molecule has 1 aliphatic rings. The Balaban J connectivity index is 1.84. The van der Waals surface area contributed by atoms with Crippen LogP contribution in [0.5, 0.6) is 0 Å². The highest BCUT2D eigenvalue weighted by atomic mass is 32.2. The van der Waals surface area contributed by atoms with Crippen LogP contribution >= 0.6 is 0 Å². The molecule has 3 aromatic rings. The number of halogens is 7. The second kappa shape index (κ2) is 10.3. The molecule has 0 radical (unpaired) electrons. The first kappa shape index (κ1) is 29.1. The molecule has 1 heterocycles. The maximum atomic E-state index is 14.3. The van der Waals surface area contributed by atoms with Crippen LogP contribution in [0.2, 0.25) is 0 Å². The molecule has 40 heavy (non-hydrogen) atoms. The minimum atomic E-state index is -4.85. The van der Waals surface area contributed by atoms with Crippen molar-refractivity contribution in [1.29, 1.82) is 0 Å². The lowest BCUT2D eigenvalue weighted by Crippen LogP contribution is -2.49. The lowest BCUT2D eigenvalue weighted by Gasteiger charge is -2.39. The molecule has 0 bridgehead atoms. The third-order valence-corrected chi connectivity index (χ3v) is 8.47. The van der Waals surface area contributed by atoms with Crippen molar-refractivity contribution >= 4 is 33.8 Å². The van der Waals surface area contributed by atoms with Gasteiger partial charge in [0.05, 0.1) is 33.7 Å². The third kappa shape index (κ3) is 5.55. The zero-order valence-corrected chi connectivity index (χ0v) is 21.3. The highest BCUT2D eigenvalue weighted by Gasteiger charge is 2.43. The molecule has 0 spiro atoms. The predicted molar refractivity (Wildman–Crippen MR) is 132 cm³/mol. The molecule has 0 amide bonds. The van der Waals surface area contributed by atoms with E-state index in [2.05, 4.69) is 0 Å². The maximum absolute atomic E-state index is 14.3. The molecule has 0 saturated carbocycles. The lowest BCUT2D eigenvalue weighted by molar-refractivity contribution is -0.142. The summed E-state index contributed by atoms with van der Waals surface area (Å²) in [6, 6.07) is 8.20. The molecule has 2 atom stereocenters. The van der Waals surface area contributed by atoms with Crippen LogP contribution < -0.4 is 4.31 Å². The highest BCUT2D eigenvalue weighted by molar-refractivity contribution is 7.92. The summed E-state index contributed by atoms with van der Waals surface area (Å²) < 4.78 is 122. The molecule has 5 nitrogen and oxygen atoms in total. The van der Waals surface area contributed by atoms with Gasteiger partial charge in [0.1, 0.15) is 5.82 Å². The van der Waals surface area contributed by atoms with Crippen LogP contribution in [0, 0.1) is 11.7 Å². The molecule has 0 fully saturated rings. The number of benzene rings is 3. The number of fused-ring (bicyclic) bond motifs is 1. The standard InChI is InChI=1S/C27H20F7NO4S/c1-15-21(25(36)37)13-17-10-8-16(9-11-20-22(27(32,33)34)6-3-7-23(20)28)12-24(17)35(15)40(38,39)19-5-2-4-18(14-19)26(29,30)31/h2-12,14-15,21H,13H2,1H3,(H,36,37)/t15-,21-/m1/s1. The first-order valence-corrected chi connectivity index (χ1v) is 13.1. The Morgan fingerprint density at radius 2 is 1.62 bits per heavy atom. The smallest absolute Gasteiger partial charge is 0.417 e. The first-order chi connectivity index (χ1) is 18.5. The van der Waals surface area contributed by atoms with Crippen molar-refractivity contribution in [2.75, 3.05) is 4.31 Å². The van der Waals surface area contributed by atoms with E-state index >= 15 is 0 Å². The summed E-state index contributed by atoms with van der Waals surface area (Å²) in [6.45, 7) is 1.30. The van der Waals surface area contributed by atoms with Gasteiger partial charge in [-0.1, -0.05) is 36.4 Å². The number of hydrogen-bond acceptors (Lipinski definition) is 3. The number of carbonyl (C=O) groups is 1. The van der Waals surface area contributed by atoms with Crippen LogP contribution in [0.15, 0.2) is 65.6 Å². The number of nitrogens with zero attached hydrogens (tertiary/aromatic N) is 1. The fourth-order valence-corrected chi connectivity index (χ4v) is 6.34. The minimum absolute atomic E-state index is 0.0610. The van der Waals surface area contributed by atoms with Crippen molar-refractivity contribution in [2.24, 2.45) is 5.92 Å². The Kier molecular flexibility index (Phi) is 7.48. The molecule has 13 heteroatoms. The fourth-order valence-electron chi connectivity index (χ4n) is 4.57. The van der Waals surface area contributed by atoms with Gasteiger partial charge in [-0.3, -0.25) is 9.10 Å². The second-order valence-corrected chi connectivity index (χ2v) is 11.0. The van der Waals surface area contributed by atoms with Crippen LogP contribution in [0.4, 0.5) is 36.4 Å². The highest BCUT2D eigenvalue weighted by Crippen LogP contribution is 2.40. The van der Waals surface area contributed by atoms with E-state index in [1.165, 1.54) is 25.1 Å². The molecule has 0 aromatic heterocycles. The molecule has 0 unspecified atom stereocenters. The SMILES string of the molecule is C[C@@H]1[C@H](C(=O)O)Cc2ccc(C=Cc3c(F)cccc3C(F)(F)F)cc2N1S(=O)(=O)c1cccc(C(F)(F)F)c1. The van der Waals surface area contributed by atoms with Gasteiger partial charge >= 0.3 is 18.3 Å². The Morgan fingerprint density at radius 1 is 0.950 bits per heavy atom. The number of carboxylic acids is 1. The van der Waals surface area contributed by atoms with Crippen LogP contribution in [-0.4, -0.2) is 25.5 Å². The molecule has 0 aliphatic carbocycles. The lowest BCUT2D eigenvalue weighted by atomic mass is 9.87. The number of rotatable bonds is 5. The van der Waals surface area contributed by atoms with Gasteiger partial charge in [0, 0.05) is 5.56 Å². The summed E-state index contributed by atoms with van der Waals surface area (Å²) in [6.07, 6.45) is -7.82.